The van der Waals surface area contributed by atoms with E-state index < -0.39 is 0 Å². The van der Waals surface area contributed by atoms with E-state index in [1.54, 1.807) is 14.1 Å². The molecule has 20 heavy (non-hydrogen) atoms. The number of nitrogens with zero attached hydrogens (tertiary/aromatic N) is 1. The van der Waals surface area contributed by atoms with Crippen LogP contribution in [0, 0.1) is 0 Å². The van der Waals surface area contributed by atoms with Gasteiger partial charge in [-0.1, -0.05) is 12.1 Å². The number of guanidine groups is 1. The summed E-state index contributed by atoms with van der Waals surface area (Å²) < 4.78 is 0. The quantitative estimate of drug-likeness (QED) is 0.405. The predicted molar refractivity (Wildman–Crippen MR) is 94.0 cm³/mol. The molecule has 0 spiro atoms. The van der Waals surface area contributed by atoms with Gasteiger partial charge in [0.05, 0.1) is 0 Å². The van der Waals surface area contributed by atoms with Crippen molar-refractivity contribution in [1.82, 2.24) is 16.0 Å². The zero-order valence-electron chi connectivity index (χ0n) is 12.2. The smallest absolute Gasteiger partial charge is 0.251 e. The Morgan fingerprint density at radius 1 is 1.30 bits per heavy atom. The standard InChI is InChI=1S/C14H22N4O.HI/c1-4-17-14(16-3)18-9-8-11-6-5-7-12(10-11)13(19)15-2;/h5-7,10H,4,8-9H2,1-3H3,(H,15,19)(H2,16,17,18);1H. The van der Waals surface area contributed by atoms with E-state index in [0.29, 0.717) is 5.56 Å². The molecule has 3 N–H and O–H groups in total. The maximum Gasteiger partial charge on any atom is 0.251 e. The lowest BCUT2D eigenvalue weighted by atomic mass is 10.1. The number of benzene rings is 1. The van der Waals surface area contributed by atoms with E-state index in [4.69, 9.17) is 0 Å². The highest BCUT2D eigenvalue weighted by molar-refractivity contribution is 14.0. The monoisotopic (exact) mass is 390 g/mol. The summed E-state index contributed by atoms with van der Waals surface area (Å²) in [4.78, 5) is 15.6. The van der Waals surface area contributed by atoms with Crippen molar-refractivity contribution in [2.75, 3.05) is 27.2 Å². The Kier molecular flexibility index (Phi) is 9.79. The largest absolute Gasteiger partial charge is 0.357 e. The van der Waals surface area contributed by atoms with Crippen LogP contribution in [0.15, 0.2) is 29.3 Å². The Morgan fingerprint density at radius 3 is 2.65 bits per heavy atom. The third-order valence-corrected chi connectivity index (χ3v) is 2.69. The molecule has 1 aromatic carbocycles. The van der Waals surface area contributed by atoms with E-state index in [1.807, 2.05) is 31.2 Å². The predicted octanol–water partition coefficient (Wildman–Crippen LogP) is 1.39. The summed E-state index contributed by atoms with van der Waals surface area (Å²) in [6, 6.07) is 7.65. The third kappa shape index (κ3) is 6.23. The van der Waals surface area contributed by atoms with Crippen LogP contribution in [0.5, 0.6) is 0 Å². The van der Waals surface area contributed by atoms with Crippen LogP contribution in [0.4, 0.5) is 0 Å². The summed E-state index contributed by atoms with van der Waals surface area (Å²) in [5.41, 5.74) is 1.82. The van der Waals surface area contributed by atoms with Crippen molar-refractivity contribution in [1.29, 1.82) is 0 Å². The summed E-state index contributed by atoms with van der Waals surface area (Å²) in [5, 5.41) is 8.98. The second-order valence-corrected chi connectivity index (χ2v) is 4.06. The second-order valence-electron chi connectivity index (χ2n) is 4.06. The Morgan fingerprint density at radius 2 is 2.05 bits per heavy atom. The summed E-state index contributed by atoms with van der Waals surface area (Å²) in [6.07, 6.45) is 0.843. The Bertz CT molecular complexity index is 449. The maximum absolute atomic E-state index is 11.5. The van der Waals surface area contributed by atoms with E-state index in [1.165, 1.54) is 0 Å². The van der Waals surface area contributed by atoms with Gasteiger partial charge in [-0.15, -0.1) is 24.0 Å². The van der Waals surface area contributed by atoms with E-state index in [2.05, 4.69) is 20.9 Å². The van der Waals surface area contributed by atoms with Gasteiger partial charge in [0, 0.05) is 32.7 Å². The van der Waals surface area contributed by atoms with Crippen molar-refractivity contribution in [2.24, 2.45) is 4.99 Å². The molecule has 0 aliphatic rings. The number of halogens is 1. The topological polar surface area (TPSA) is 65.5 Å². The number of amides is 1. The third-order valence-electron chi connectivity index (χ3n) is 2.69. The number of carbonyl (C=O) groups is 1. The highest BCUT2D eigenvalue weighted by Gasteiger charge is 2.03. The van der Waals surface area contributed by atoms with Crippen molar-refractivity contribution in [3.05, 3.63) is 35.4 Å². The zero-order valence-corrected chi connectivity index (χ0v) is 14.5. The molecule has 0 saturated heterocycles. The summed E-state index contributed by atoms with van der Waals surface area (Å²) in [6.45, 7) is 3.64. The van der Waals surface area contributed by atoms with Gasteiger partial charge in [0.15, 0.2) is 5.96 Å². The fourth-order valence-corrected chi connectivity index (χ4v) is 1.73. The molecule has 5 nitrogen and oxygen atoms in total. The minimum absolute atomic E-state index is 0. The lowest BCUT2D eigenvalue weighted by Gasteiger charge is -2.10. The first-order valence-electron chi connectivity index (χ1n) is 6.46. The molecule has 0 aliphatic heterocycles. The molecule has 112 valence electrons. The maximum atomic E-state index is 11.5. The average Bonchev–Trinajstić information content (AvgIpc) is 2.45. The van der Waals surface area contributed by atoms with Gasteiger partial charge in [-0.2, -0.15) is 0 Å². The fraction of sp³-hybridized carbons (Fsp3) is 0.429. The molecule has 0 radical (unpaired) electrons. The van der Waals surface area contributed by atoms with Gasteiger partial charge in [-0.3, -0.25) is 9.79 Å². The number of nitrogens with one attached hydrogen (secondary N) is 3. The Labute approximate surface area is 137 Å². The van der Waals surface area contributed by atoms with Crippen molar-refractivity contribution in [3.63, 3.8) is 0 Å². The van der Waals surface area contributed by atoms with E-state index >= 15 is 0 Å². The summed E-state index contributed by atoms with van der Waals surface area (Å²) in [5.74, 6) is 0.739. The molecule has 1 aromatic rings. The van der Waals surface area contributed by atoms with Gasteiger partial charge in [0.2, 0.25) is 0 Å². The Hall–Kier alpha value is -1.31. The lowest BCUT2D eigenvalue weighted by molar-refractivity contribution is 0.0963. The molecule has 1 rings (SSSR count). The van der Waals surface area contributed by atoms with Gasteiger partial charge >= 0.3 is 0 Å². The van der Waals surface area contributed by atoms with Crippen LogP contribution in [0.2, 0.25) is 0 Å². The Balaban J connectivity index is 0.00000361. The molecule has 0 aromatic heterocycles. The molecule has 0 fully saturated rings. The summed E-state index contributed by atoms with van der Waals surface area (Å²) in [7, 11) is 3.38. The van der Waals surface area contributed by atoms with Gasteiger partial charge in [0.1, 0.15) is 0 Å². The highest BCUT2D eigenvalue weighted by atomic mass is 127. The fourth-order valence-electron chi connectivity index (χ4n) is 1.73. The number of hydrogen-bond donors (Lipinski definition) is 3. The minimum atomic E-state index is -0.0572. The van der Waals surface area contributed by atoms with Gasteiger partial charge < -0.3 is 16.0 Å². The van der Waals surface area contributed by atoms with Crippen LogP contribution in [-0.2, 0) is 6.42 Å². The van der Waals surface area contributed by atoms with Crippen LogP contribution in [0.25, 0.3) is 0 Å². The molecule has 0 unspecified atom stereocenters. The van der Waals surface area contributed by atoms with Gasteiger partial charge in [-0.25, -0.2) is 0 Å². The van der Waals surface area contributed by atoms with Crippen molar-refractivity contribution in [3.8, 4) is 0 Å². The molecule has 0 heterocycles. The van der Waals surface area contributed by atoms with Crippen LogP contribution in [-0.4, -0.2) is 39.1 Å². The highest BCUT2D eigenvalue weighted by Crippen LogP contribution is 2.05. The van der Waals surface area contributed by atoms with E-state index in [0.717, 1.165) is 31.0 Å². The minimum Gasteiger partial charge on any atom is -0.357 e. The molecule has 6 heteroatoms. The van der Waals surface area contributed by atoms with Crippen LogP contribution in [0.3, 0.4) is 0 Å². The molecular weight excluding hydrogens is 367 g/mol. The normalized spacial score (nSPS) is 10.4. The number of hydrogen-bond acceptors (Lipinski definition) is 2. The van der Waals surface area contributed by atoms with Gasteiger partial charge in [-0.05, 0) is 31.0 Å². The number of rotatable bonds is 5. The number of carbonyl (C=O) groups excluding carboxylic acids is 1. The van der Waals surface area contributed by atoms with Crippen molar-refractivity contribution >= 4 is 35.8 Å². The lowest BCUT2D eigenvalue weighted by Crippen LogP contribution is -2.38. The molecule has 0 atom stereocenters. The SMILES string of the molecule is CCNC(=NC)NCCc1cccc(C(=O)NC)c1.I. The second kappa shape index (κ2) is 10.5. The molecule has 0 bridgehead atoms. The number of aliphatic imine (C=N–C) groups is 1. The first-order valence-corrected chi connectivity index (χ1v) is 6.46. The molecule has 0 saturated carbocycles. The van der Waals surface area contributed by atoms with E-state index in [-0.39, 0.29) is 29.9 Å². The van der Waals surface area contributed by atoms with Crippen LogP contribution >= 0.6 is 24.0 Å². The molecular formula is C14H23IN4O. The zero-order chi connectivity index (χ0) is 14.1. The summed E-state index contributed by atoms with van der Waals surface area (Å²) >= 11 is 0. The first-order chi connectivity index (χ1) is 9.21. The van der Waals surface area contributed by atoms with E-state index in [9.17, 15) is 4.79 Å². The van der Waals surface area contributed by atoms with Gasteiger partial charge in [0.25, 0.3) is 5.91 Å². The van der Waals surface area contributed by atoms with Crippen LogP contribution < -0.4 is 16.0 Å². The molecule has 0 aliphatic carbocycles. The van der Waals surface area contributed by atoms with Crippen LogP contribution in [0.1, 0.15) is 22.8 Å². The average molecular weight is 390 g/mol. The van der Waals surface area contributed by atoms with Crippen molar-refractivity contribution < 1.29 is 4.79 Å². The molecule has 1 amide bonds. The first kappa shape index (κ1) is 18.7. The van der Waals surface area contributed by atoms with Crippen molar-refractivity contribution in [2.45, 2.75) is 13.3 Å².